The van der Waals surface area contributed by atoms with Gasteiger partial charge in [0.15, 0.2) is 0 Å². The quantitative estimate of drug-likeness (QED) is 0.602. The van der Waals surface area contributed by atoms with E-state index in [1.54, 1.807) is 23.5 Å². The lowest BCUT2D eigenvalue weighted by Crippen LogP contribution is -1.90. The highest BCUT2D eigenvalue weighted by Gasteiger charge is 2.12. The maximum atomic E-state index is 10.1. The molecule has 1 heterocycles. The average Bonchev–Trinajstić information content (AvgIpc) is 3.02. The molecule has 2 N–H and O–H groups in total. The van der Waals surface area contributed by atoms with Crippen LogP contribution in [0.4, 0.5) is 0 Å². The van der Waals surface area contributed by atoms with Crippen molar-refractivity contribution in [2.45, 2.75) is 19.8 Å². The van der Waals surface area contributed by atoms with Crippen LogP contribution >= 0.6 is 11.3 Å². The third-order valence-electron chi connectivity index (χ3n) is 3.90. The second-order valence-corrected chi connectivity index (χ2v) is 7.01. The van der Waals surface area contributed by atoms with Crippen LogP contribution in [0.25, 0.3) is 23.3 Å². The van der Waals surface area contributed by atoms with E-state index in [-0.39, 0.29) is 17.4 Å². The highest BCUT2D eigenvalue weighted by atomic mass is 32.1. The summed E-state index contributed by atoms with van der Waals surface area (Å²) in [4.78, 5) is 1.13. The number of hydrogen-bond donors (Lipinski definition) is 2. The van der Waals surface area contributed by atoms with Crippen LogP contribution in [-0.2, 0) is 0 Å². The molecule has 3 aromatic rings. The Bertz CT molecular complexity index is 838. The second-order valence-electron chi connectivity index (χ2n) is 6.06. The summed E-state index contributed by atoms with van der Waals surface area (Å²) < 4.78 is 0. The zero-order valence-electron chi connectivity index (χ0n) is 13.7. The molecule has 3 rings (SSSR count). The van der Waals surface area contributed by atoms with Crippen LogP contribution in [-0.4, -0.2) is 10.2 Å². The molecule has 0 fully saturated rings. The monoisotopic (exact) mass is 336 g/mol. The highest BCUT2D eigenvalue weighted by Crippen LogP contribution is 2.35. The molecule has 0 spiro atoms. The number of phenols is 2. The predicted molar refractivity (Wildman–Crippen MR) is 103 cm³/mol. The molecule has 122 valence electrons. The first kappa shape index (κ1) is 16.3. The zero-order chi connectivity index (χ0) is 17.1. The Labute approximate surface area is 146 Å². The summed E-state index contributed by atoms with van der Waals surface area (Å²) in [5.74, 6) is 0.357. The third kappa shape index (κ3) is 3.52. The first-order valence-electron chi connectivity index (χ1n) is 7.92. The van der Waals surface area contributed by atoms with Crippen LogP contribution in [0.1, 0.15) is 35.8 Å². The number of aromatic hydroxyl groups is 2. The normalized spacial score (nSPS) is 11.5. The molecule has 0 radical (unpaired) electrons. The minimum atomic E-state index is 0.0776. The van der Waals surface area contributed by atoms with Gasteiger partial charge in [-0.2, -0.15) is 0 Å². The lowest BCUT2D eigenvalue weighted by Gasteiger charge is -2.11. The Morgan fingerprint density at radius 2 is 1.54 bits per heavy atom. The van der Waals surface area contributed by atoms with Gasteiger partial charge in [0.25, 0.3) is 0 Å². The van der Waals surface area contributed by atoms with Crippen molar-refractivity contribution in [1.82, 2.24) is 0 Å². The molecule has 2 nitrogen and oxygen atoms in total. The van der Waals surface area contributed by atoms with Crippen molar-refractivity contribution in [2.75, 3.05) is 0 Å². The van der Waals surface area contributed by atoms with E-state index in [9.17, 15) is 10.2 Å². The van der Waals surface area contributed by atoms with Crippen molar-refractivity contribution in [3.8, 4) is 22.6 Å². The SMILES string of the molecule is CC(C)c1c(O)cc(/C=C/c2cc(-c3ccccc3)cs2)cc1O. The lowest BCUT2D eigenvalue weighted by molar-refractivity contribution is 0.433. The first-order chi connectivity index (χ1) is 11.5. The molecule has 0 aliphatic heterocycles. The van der Waals surface area contributed by atoms with Crippen LogP contribution in [0.5, 0.6) is 11.5 Å². The first-order valence-corrected chi connectivity index (χ1v) is 8.80. The van der Waals surface area contributed by atoms with Crippen LogP contribution in [0.15, 0.2) is 53.9 Å². The number of benzene rings is 2. The second kappa shape index (κ2) is 6.93. The lowest BCUT2D eigenvalue weighted by atomic mass is 9.98. The van der Waals surface area contributed by atoms with Crippen molar-refractivity contribution in [2.24, 2.45) is 0 Å². The minimum absolute atomic E-state index is 0.0776. The van der Waals surface area contributed by atoms with E-state index < -0.39 is 0 Å². The summed E-state index contributed by atoms with van der Waals surface area (Å²) in [6, 6.07) is 15.8. The standard InChI is InChI=1S/C21H20O2S/c1-14(2)21-19(22)10-15(11-20(21)23)8-9-18-12-17(13-24-18)16-6-4-3-5-7-16/h3-14,22-23H,1-2H3/b9-8+. The highest BCUT2D eigenvalue weighted by molar-refractivity contribution is 7.11. The molecule has 3 heteroatoms. The molecule has 2 aromatic carbocycles. The van der Waals surface area contributed by atoms with E-state index in [2.05, 4.69) is 23.6 Å². The third-order valence-corrected chi connectivity index (χ3v) is 4.80. The summed E-state index contributed by atoms with van der Waals surface area (Å²) in [6.07, 6.45) is 3.91. The fraction of sp³-hybridized carbons (Fsp3) is 0.143. The van der Waals surface area contributed by atoms with Crippen LogP contribution in [0.3, 0.4) is 0 Å². The molecule has 0 saturated carbocycles. The maximum Gasteiger partial charge on any atom is 0.123 e. The molecule has 24 heavy (non-hydrogen) atoms. The fourth-order valence-electron chi connectivity index (χ4n) is 2.73. The van der Waals surface area contributed by atoms with Gasteiger partial charge in [-0.1, -0.05) is 50.3 Å². The van der Waals surface area contributed by atoms with E-state index >= 15 is 0 Å². The minimum Gasteiger partial charge on any atom is -0.507 e. The van der Waals surface area contributed by atoms with Crippen LogP contribution in [0, 0.1) is 0 Å². The van der Waals surface area contributed by atoms with Gasteiger partial charge < -0.3 is 10.2 Å². The summed E-state index contributed by atoms with van der Waals surface area (Å²) in [6.45, 7) is 3.89. The molecule has 0 saturated heterocycles. The summed E-state index contributed by atoms with van der Waals surface area (Å²) in [7, 11) is 0. The smallest absolute Gasteiger partial charge is 0.123 e. The number of rotatable bonds is 4. The summed E-state index contributed by atoms with van der Waals surface area (Å²) in [5.41, 5.74) is 3.77. The van der Waals surface area contributed by atoms with Gasteiger partial charge in [0.1, 0.15) is 11.5 Å². The largest absolute Gasteiger partial charge is 0.507 e. The molecule has 0 unspecified atom stereocenters. The van der Waals surface area contributed by atoms with E-state index in [4.69, 9.17) is 0 Å². The molecule has 0 bridgehead atoms. The molecule has 0 atom stereocenters. The van der Waals surface area contributed by atoms with Gasteiger partial charge in [-0.25, -0.2) is 0 Å². The Hall–Kier alpha value is -2.52. The Balaban J connectivity index is 1.83. The van der Waals surface area contributed by atoms with Crippen molar-refractivity contribution >= 4 is 23.5 Å². The number of hydrogen-bond acceptors (Lipinski definition) is 3. The topological polar surface area (TPSA) is 40.5 Å². The molecular weight excluding hydrogens is 316 g/mol. The Morgan fingerprint density at radius 1 is 0.875 bits per heavy atom. The average molecular weight is 336 g/mol. The summed E-state index contributed by atoms with van der Waals surface area (Å²) >= 11 is 1.67. The molecule has 1 aromatic heterocycles. The summed E-state index contributed by atoms with van der Waals surface area (Å²) in [5, 5.41) is 22.3. The van der Waals surface area contributed by atoms with E-state index in [0.717, 1.165) is 10.4 Å². The van der Waals surface area contributed by atoms with Crippen molar-refractivity contribution < 1.29 is 10.2 Å². The number of thiophene rings is 1. The van der Waals surface area contributed by atoms with Gasteiger partial charge in [-0.15, -0.1) is 11.3 Å². The van der Waals surface area contributed by atoms with Crippen molar-refractivity contribution in [3.63, 3.8) is 0 Å². The maximum absolute atomic E-state index is 10.1. The van der Waals surface area contributed by atoms with Gasteiger partial charge in [-0.05, 0) is 52.3 Å². The Morgan fingerprint density at radius 3 is 2.17 bits per heavy atom. The van der Waals surface area contributed by atoms with Gasteiger partial charge in [-0.3, -0.25) is 0 Å². The molecule has 0 amide bonds. The predicted octanol–water partition coefficient (Wildman–Crippen LogP) is 6.12. The van der Waals surface area contributed by atoms with Crippen molar-refractivity contribution in [1.29, 1.82) is 0 Å². The van der Waals surface area contributed by atoms with Crippen molar-refractivity contribution in [3.05, 3.63) is 69.9 Å². The molecule has 0 aliphatic rings. The van der Waals surface area contributed by atoms with Gasteiger partial charge >= 0.3 is 0 Å². The molecular formula is C21H20O2S. The van der Waals surface area contributed by atoms with Gasteiger partial charge in [0.2, 0.25) is 0 Å². The molecule has 0 aliphatic carbocycles. The van der Waals surface area contributed by atoms with Crippen LogP contribution in [0.2, 0.25) is 0 Å². The van der Waals surface area contributed by atoms with E-state index in [0.29, 0.717) is 5.56 Å². The van der Waals surface area contributed by atoms with Crippen LogP contribution < -0.4 is 0 Å². The fourth-order valence-corrected chi connectivity index (χ4v) is 3.54. The Kier molecular flexibility index (Phi) is 4.72. The van der Waals surface area contributed by atoms with E-state index in [1.165, 1.54) is 11.1 Å². The zero-order valence-corrected chi connectivity index (χ0v) is 14.5. The van der Waals surface area contributed by atoms with Gasteiger partial charge in [0, 0.05) is 10.4 Å². The van der Waals surface area contributed by atoms with E-state index in [1.807, 2.05) is 44.2 Å². The number of phenolic OH excluding ortho intramolecular Hbond substituents is 2. The van der Waals surface area contributed by atoms with Gasteiger partial charge in [0.05, 0.1) is 0 Å².